The van der Waals surface area contributed by atoms with E-state index in [9.17, 15) is 4.79 Å². The Morgan fingerprint density at radius 3 is 2.25 bits per heavy atom. The van der Waals surface area contributed by atoms with Crippen molar-refractivity contribution in [3.05, 3.63) is 117 Å². The summed E-state index contributed by atoms with van der Waals surface area (Å²) in [5.41, 5.74) is 4.94. The number of aromatic nitrogens is 1. The number of hydrogen-bond acceptors (Lipinski definition) is 7. The second kappa shape index (κ2) is 15.1. The molecule has 1 saturated heterocycles. The number of carbonyl (C=O) groups is 1. The van der Waals surface area contributed by atoms with Gasteiger partial charge in [0, 0.05) is 62.0 Å². The van der Waals surface area contributed by atoms with Gasteiger partial charge in [0.15, 0.2) is 5.75 Å². The molecule has 1 aliphatic rings. The first-order valence-corrected chi connectivity index (χ1v) is 15.2. The summed E-state index contributed by atoms with van der Waals surface area (Å²) in [6.45, 7) is 6.66. The molecule has 0 unspecified atom stereocenters. The van der Waals surface area contributed by atoms with Gasteiger partial charge in [-0.3, -0.25) is 9.69 Å². The number of methoxy groups -OCH3 is 1. The van der Waals surface area contributed by atoms with Crippen molar-refractivity contribution in [2.24, 2.45) is 0 Å². The normalized spacial score (nSPS) is 13.9. The first kappa shape index (κ1) is 31.4. The van der Waals surface area contributed by atoms with E-state index in [4.69, 9.17) is 37.4 Å². The Labute approximate surface area is 268 Å². The molecule has 7 nitrogen and oxygen atoms in total. The predicted molar refractivity (Wildman–Crippen MR) is 175 cm³/mol. The van der Waals surface area contributed by atoms with E-state index in [-0.39, 0.29) is 0 Å². The van der Waals surface area contributed by atoms with Gasteiger partial charge in [0.05, 0.1) is 24.9 Å². The number of rotatable bonds is 12. The van der Waals surface area contributed by atoms with Crippen molar-refractivity contribution in [1.29, 1.82) is 0 Å². The first-order valence-electron chi connectivity index (χ1n) is 14.5. The molecule has 44 heavy (non-hydrogen) atoms. The lowest BCUT2D eigenvalue weighted by Gasteiger charge is -2.37. The van der Waals surface area contributed by atoms with E-state index in [1.807, 2.05) is 61.5 Å². The summed E-state index contributed by atoms with van der Waals surface area (Å²) in [6.07, 6.45) is 4.83. The highest BCUT2D eigenvalue weighted by Gasteiger charge is 2.21. The maximum atomic E-state index is 11.6. The van der Waals surface area contributed by atoms with Crippen molar-refractivity contribution in [3.8, 4) is 23.1 Å². The number of piperazine rings is 1. The van der Waals surface area contributed by atoms with Crippen LogP contribution in [0.4, 0.5) is 0 Å². The van der Waals surface area contributed by atoms with Crippen molar-refractivity contribution in [3.63, 3.8) is 0 Å². The van der Waals surface area contributed by atoms with E-state index in [2.05, 4.69) is 26.9 Å². The summed E-state index contributed by atoms with van der Waals surface area (Å²) >= 11 is 12.7. The fraction of sp³-hybridized carbons (Fsp3) is 0.257. The summed E-state index contributed by atoms with van der Waals surface area (Å²) in [7, 11) is 1.67. The van der Waals surface area contributed by atoms with Crippen molar-refractivity contribution in [2.45, 2.75) is 19.9 Å². The molecule has 0 saturated carbocycles. The number of benzene rings is 3. The number of pyridine rings is 1. The molecule has 5 rings (SSSR count). The molecular weight excluding hydrogens is 597 g/mol. The molecule has 9 heteroatoms. The molecule has 0 atom stereocenters. The third kappa shape index (κ3) is 8.32. The van der Waals surface area contributed by atoms with E-state index in [1.165, 1.54) is 5.56 Å². The van der Waals surface area contributed by atoms with Crippen LogP contribution in [-0.4, -0.2) is 61.0 Å². The summed E-state index contributed by atoms with van der Waals surface area (Å²) < 4.78 is 17.2. The van der Waals surface area contributed by atoms with Gasteiger partial charge in [-0.05, 0) is 71.6 Å². The van der Waals surface area contributed by atoms with E-state index >= 15 is 0 Å². The van der Waals surface area contributed by atoms with Crippen LogP contribution in [0.15, 0.2) is 85.1 Å². The molecular formula is C35H35Cl2N3O4. The van der Waals surface area contributed by atoms with Gasteiger partial charge in [-0.2, -0.15) is 0 Å². The molecule has 228 valence electrons. The quantitative estimate of drug-likeness (QED) is 0.119. The largest absolute Gasteiger partial charge is 0.497 e. The standard InChI is InChI=1S/C35H35Cl2N3O4/c1-25-21-28(33(13-19-41)40-17-15-39(16-18-40)24-27-5-9-30(42-2)10-6-27)22-32(37)35(25)44-34-12-11-31(23-38-34)43-20-14-26-3-7-29(36)8-4-26/h3-13,19,21-23H,14-18,20,24H2,1-2H3/b33-13+. The van der Waals surface area contributed by atoms with Gasteiger partial charge >= 0.3 is 0 Å². The maximum absolute atomic E-state index is 11.6. The third-order valence-electron chi connectivity index (χ3n) is 7.52. The summed E-state index contributed by atoms with van der Waals surface area (Å²) in [5.74, 6) is 2.43. The maximum Gasteiger partial charge on any atom is 0.219 e. The Morgan fingerprint density at radius 1 is 0.909 bits per heavy atom. The van der Waals surface area contributed by atoms with Crippen LogP contribution in [0.2, 0.25) is 10.0 Å². The second-order valence-electron chi connectivity index (χ2n) is 10.6. The lowest BCUT2D eigenvalue weighted by atomic mass is 10.1. The average Bonchev–Trinajstić information content (AvgIpc) is 3.04. The second-order valence-corrected chi connectivity index (χ2v) is 11.4. The Kier molecular flexibility index (Phi) is 10.8. The van der Waals surface area contributed by atoms with Crippen LogP contribution in [0.5, 0.6) is 23.1 Å². The van der Waals surface area contributed by atoms with Gasteiger partial charge in [0.25, 0.3) is 0 Å². The Morgan fingerprint density at radius 2 is 1.61 bits per heavy atom. The van der Waals surface area contributed by atoms with Crippen molar-refractivity contribution in [2.75, 3.05) is 39.9 Å². The number of nitrogens with zero attached hydrogens (tertiary/aromatic N) is 3. The predicted octanol–water partition coefficient (Wildman–Crippen LogP) is 7.48. The van der Waals surface area contributed by atoms with Crippen molar-refractivity contribution in [1.82, 2.24) is 14.8 Å². The fourth-order valence-corrected chi connectivity index (χ4v) is 5.58. The van der Waals surface area contributed by atoms with E-state index in [1.54, 1.807) is 25.4 Å². The molecule has 0 spiro atoms. The molecule has 0 radical (unpaired) electrons. The Balaban J connectivity index is 1.18. The molecule has 1 aliphatic heterocycles. The first-order chi connectivity index (χ1) is 21.4. The van der Waals surface area contributed by atoms with Crippen LogP contribution < -0.4 is 14.2 Å². The number of aryl methyl sites for hydroxylation is 1. The number of aldehydes is 1. The van der Waals surface area contributed by atoms with Crippen LogP contribution in [0.25, 0.3) is 5.70 Å². The summed E-state index contributed by atoms with van der Waals surface area (Å²) in [4.78, 5) is 20.7. The minimum atomic E-state index is 0.407. The molecule has 4 aromatic rings. The number of hydrogen-bond donors (Lipinski definition) is 0. The topological polar surface area (TPSA) is 64.1 Å². The van der Waals surface area contributed by atoms with E-state index < -0.39 is 0 Å². The van der Waals surface area contributed by atoms with Gasteiger partial charge in [-0.25, -0.2) is 4.98 Å². The minimum absolute atomic E-state index is 0.407. The zero-order chi connectivity index (χ0) is 30.9. The number of halogens is 2. The van der Waals surface area contributed by atoms with Crippen LogP contribution in [0, 0.1) is 6.92 Å². The van der Waals surface area contributed by atoms with E-state index in [0.29, 0.717) is 34.0 Å². The van der Waals surface area contributed by atoms with Gasteiger partial charge in [-0.15, -0.1) is 0 Å². The molecule has 1 aromatic heterocycles. The lowest BCUT2D eigenvalue weighted by molar-refractivity contribution is -0.104. The van der Waals surface area contributed by atoms with E-state index in [0.717, 1.165) is 73.6 Å². The number of carbonyl (C=O) groups excluding carboxylic acids is 1. The number of allylic oxidation sites excluding steroid dienone is 1. The summed E-state index contributed by atoms with van der Waals surface area (Å²) in [6, 6.07) is 23.3. The molecule has 0 aliphatic carbocycles. The Hall–Kier alpha value is -4.04. The smallest absolute Gasteiger partial charge is 0.219 e. The van der Waals surface area contributed by atoms with Crippen LogP contribution >= 0.6 is 23.2 Å². The highest BCUT2D eigenvalue weighted by atomic mass is 35.5. The third-order valence-corrected chi connectivity index (χ3v) is 8.05. The zero-order valence-corrected chi connectivity index (χ0v) is 26.4. The van der Waals surface area contributed by atoms with Gasteiger partial charge in [0.2, 0.25) is 5.88 Å². The average molecular weight is 633 g/mol. The van der Waals surface area contributed by atoms with Crippen LogP contribution in [-0.2, 0) is 17.8 Å². The zero-order valence-electron chi connectivity index (χ0n) is 24.8. The molecule has 3 aromatic carbocycles. The molecule has 0 bridgehead atoms. The Bertz CT molecular complexity index is 1540. The van der Waals surface area contributed by atoms with Gasteiger partial charge < -0.3 is 19.1 Å². The monoisotopic (exact) mass is 631 g/mol. The lowest BCUT2D eigenvalue weighted by Crippen LogP contribution is -2.45. The summed E-state index contributed by atoms with van der Waals surface area (Å²) in [5, 5.41) is 1.16. The van der Waals surface area contributed by atoms with Crippen LogP contribution in [0.1, 0.15) is 22.3 Å². The minimum Gasteiger partial charge on any atom is -0.497 e. The molecule has 2 heterocycles. The van der Waals surface area contributed by atoms with Crippen molar-refractivity contribution < 1.29 is 19.0 Å². The van der Waals surface area contributed by atoms with Crippen molar-refractivity contribution >= 4 is 35.2 Å². The molecule has 0 N–H and O–H groups in total. The SMILES string of the molecule is COc1ccc(CN2CCN(/C(=C/C=O)c3cc(C)c(Oc4ccc(OCCc5ccc(Cl)cc5)cn4)c(Cl)c3)CC2)cc1. The molecule has 1 fully saturated rings. The number of ether oxygens (including phenoxy) is 3. The van der Waals surface area contributed by atoms with Gasteiger partial charge in [0.1, 0.15) is 17.8 Å². The molecule has 0 amide bonds. The van der Waals surface area contributed by atoms with Gasteiger partial charge in [-0.1, -0.05) is 47.5 Å². The fourth-order valence-electron chi connectivity index (χ4n) is 5.15. The highest BCUT2D eigenvalue weighted by Crippen LogP contribution is 2.36. The highest BCUT2D eigenvalue weighted by molar-refractivity contribution is 6.32. The van der Waals surface area contributed by atoms with Crippen LogP contribution in [0.3, 0.4) is 0 Å².